The highest BCUT2D eigenvalue weighted by molar-refractivity contribution is 7.19. The van der Waals surface area contributed by atoms with E-state index in [2.05, 4.69) is 20.6 Å². The van der Waals surface area contributed by atoms with Gasteiger partial charge in [-0.1, -0.05) is 13.8 Å². The first-order valence-electron chi connectivity index (χ1n) is 12.8. The number of aromatic nitrogens is 2. The van der Waals surface area contributed by atoms with Gasteiger partial charge in [0, 0.05) is 22.7 Å². The Morgan fingerprint density at radius 3 is 2.29 bits per heavy atom. The van der Waals surface area contributed by atoms with Gasteiger partial charge in [0.25, 0.3) is 0 Å². The van der Waals surface area contributed by atoms with Crippen LogP contribution in [0.5, 0.6) is 0 Å². The number of pyridine rings is 2. The molecule has 3 aliphatic rings. The van der Waals surface area contributed by atoms with Gasteiger partial charge in [0.1, 0.15) is 5.69 Å². The van der Waals surface area contributed by atoms with E-state index in [-0.39, 0.29) is 97.0 Å². The number of imide groups is 1. The summed E-state index contributed by atoms with van der Waals surface area (Å²) in [6, 6.07) is 4.69. The SMILES string of the molecule is Cc1cc(C(F)(F)F)nc(-c2ccnc3cc(CN4C(=O)C5C(C4=O)C5(C)C)sc23)c1NC1CCNCC1.Cl.Cl.Cl.Cl. The fourth-order valence-electron chi connectivity index (χ4n) is 5.93. The third kappa shape index (κ3) is 6.19. The number of thiophene rings is 1. The molecule has 5 heterocycles. The summed E-state index contributed by atoms with van der Waals surface area (Å²) < 4.78 is 42.0. The van der Waals surface area contributed by atoms with Gasteiger partial charge in [-0.3, -0.25) is 19.5 Å². The van der Waals surface area contributed by atoms with Crippen molar-refractivity contribution in [3.8, 4) is 11.3 Å². The molecule has 2 amide bonds. The van der Waals surface area contributed by atoms with Crippen molar-refractivity contribution in [1.82, 2.24) is 20.2 Å². The molecule has 1 saturated carbocycles. The molecule has 2 aliphatic heterocycles. The highest BCUT2D eigenvalue weighted by atomic mass is 35.5. The summed E-state index contributed by atoms with van der Waals surface area (Å²) >= 11 is 1.33. The van der Waals surface area contributed by atoms with Gasteiger partial charge in [-0.05, 0) is 62.0 Å². The molecule has 3 aromatic rings. The second kappa shape index (κ2) is 13.0. The minimum absolute atomic E-state index is 0. The van der Waals surface area contributed by atoms with Gasteiger partial charge in [-0.2, -0.15) is 13.2 Å². The number of anilines is 1. The highest BCUT2D eigenvalue weighted by Crippen LogP contribution is 2.63. The molecule has 42 heavy (non-hydrogen) atoms. The first-order chi connectivity index (χ1) is 18.0. The van der Waals surface area contributed by atoms with Gasteiger partial charge < -0.3 is 10.6 Å². The van der Waals surface area contributed by atoms with Crippen LogP contribution in [-0.2, 0) is 22.3 Å². The maximum atomic E-state index is 13.8. The Morgan fingerprint density at radius 2 is 1.69 bits per heavy atom. The van der Waals surface area contributed by atoms with Crippen LogP contribution in [0.2, 0.25) is 0 Å². The van der Waals surface area contributed by atoms with Crippen LogP contribution in [0.25, 0.3) is 21.5 Å². The van der Waals surface area contributed by atoms with Crippen LogP contribution in [0, 0.1) is 24.2 Å². The molecular weight excluding hydrogens is 657 g/mol. The van der Waals surface area contributed by atoms with Crippen LogP contribution in [0.3, 0.4) is 0 Å². The number of likely N-dealkylation sites (tertiary alicyclic amines) is 1. The van der Waals surface area contributed by atoms with Gasteiger partial charge >= 0.3 is 6.18 Å². The molecule has 0 bridgehead atoms. The Kier molecular flexibility index (Phi) is 11.2. The zero-order chi connectivity index (χ0) is 27.0. The highest BCUT2D eigenvalue weighted by Gasteiger charge is 2.72. The lowest BCUT2D eigenvalue weighted by atomic mass is 10.0. The van der Waals surface area contributed by atoms with Crippen molar-refractivity contribution in [3.05, 3.63) is 40.5 Å². The Morgan fingerprint density at radius 1 is 1.07 bits per heavy atom. The lowest BCUT2D eigenvalue weighted by Crippen LogP contribution is -2.35. The molecule has 2 atom stereocenters. The minimum atomic E-state index is -4.59. The van der Waals surface area contributed by atoms with Crippen LogP contribution in [0.15, 0.2) is 24.4 Å². The summed E-state index contributed by atoms with van der Waals surface area (Å²) in [6.45, 7) is 7.34. The number of aryl methyl sites for hydroxylation is 1. The number of carbonyl (C=O) groups is 2. The summed E-state index contributed by atoms with van der Waals surface area (Å²) in [6.07, 6.45) is -1.33. The molecule has 2 N–H and O–H groups in total. The van der Waals surface area contributed by atoms with Crippen molar-refractivity contribution in [1.29, 1.82) is 0 Å². The number of rotatable bonds is 5. The molecule has 7 nitrogen and oxygen atoms in total. The van der Waals surface area contributed by atoms with E-state index in [1.54, 1.807) is 25.3 Å². The van der Waals surface area contributed by atoms with Crippen molar-refractivity contribution in [2.24, 2.45) is 17.3 Å². The quantitative estimate of drug-likeness (QED) is 0.291. The second-order valence-electron chi connectivity index (χ2n) is 11.0. The monoisotopic (exact) mass is 687 g/mol. The third-order valence-electron chi connectivity index (χ3n) is 8.12. The zero-order valence-corrected chi connectivity index (χ0v) is 27.0. The Labute approximate surface area is 270 Å². The van der Waals surface area contributed by atoms with Crippen LogP contribution < -0.4 is 10.6 Å². The number of nitrogens with one attached hydrogen (secondary N) is 2. The van der Waals surface area contributed by atoms with Crippen molar-refractivity contribution in [2.45, 2.75) is 52.4 Å². The average molecular weight is 689 g/mol. The summed E-state index contributed by atoms with van der Waals surface area (Å²) in [4.78, 5) is 36.3. The van der Waals surface area contributed by atoms with Crippen LogP contribution in [0.4, 0.5) is 18.9 Å². The summed E-state index contributed by atoms with van der Waals surface area (Å²) in [5, 5.41) is 6.77. The molecule has 2 saturated heterocycles. The number of amides is 2. The van der Waals surface area contributed by atoms with E-state index in [1.807, 2.05) is 13.8 Å². The Bertz CT molecular complexity index is 1460. The molecule has 15 heteroatoms. The number of nitrogens with zero attached hydrogens (tertiary/aromatic N) is 3. The molecule has 3 aromatic heterocycles. The van der Waals surface area contributed by atoms with Gasteiger partial charge in [-0.25, -0.2) is 4.98 Å². The number of fused-ring (bicyclic) bond motifs is 2. The molecule has 1 aliphatic carbocycles. The van der Waals surface area contributed by atoms with Crippen molar-refractivity contribution < 1.29 is 22.8 Å². The van der Waals surface area contributed by atoms with E-state index in [0.717, 1.165) is 36.9 Å². The van der Waals surface area contributed by atoms with Crippen molar-refractivity contribution >= 4 is 88.7 Å². The van der Waals surface area contributed by atoms with Crippen LogP contribution in [0.1, 0.15) is 42.8 Å². The van der Waals surface area contributed by atoms with Gasteiger partial charge in [-0.15, -0.1) is 61.0 Å². The van der Waals surface area contributed by atoms with Gasteiger partial charge in [0.05, 0.1) is 40.0 Å². The van der Waals surface area contributed by atoms with E-state index < -0.39 is 11.9 Å². The number of hydrogen-bond donors (Lipinski definition) is 2. The van der Waals surface area contributed by atoms with Gasteiger partial charge in [0.15, 0.2) is 0 Å². The van der Waals surface area contributed by atoms with E-state index in [0.29, 0.717) is 27.0 Å². The molecule has 232 valence electrons. The average Bonchev–Trinajstić information content (AvgIpc) is 3.10. The number of halogens is 7. The first kappa shape index (κ1) is 36.3. The van der Waals surface area contributed by atoms with E-state index in [9.17, 15) is 22.8 Å². The van der Waals surface area contributed by atoms with E-state index >= 15 is 0 Å². The maximum absolute atomic E-state index is 13.8. The number of carbonyl (C=O) groups excluding carboxylic acids is 2. The predicted molar refractivity (Wildman–Crippen MR) is 167 cm³/mol. The Balaban J connectivity index is 0.00000154. The smallest absolute Gasteiger partial charge is 0.380 e. The largest absolute Gasteiger partial charge is 0.433 e. The maximum Gasteiger partial charge on any atom is 0.433 e. The van der Waals surface area contributed by atoms with E-state index in [1.165, 1.54) is 16.2 Å². The molecular formula is C27H32Cl4F3N5O2S. The molecule has 0 spiro atoms. The molecule has 0 radical (unpaired) electrons. The van der Waals surface area contributed by atoms with Crippen molar-refractivity contribution in [3.63, 3.8) is 0 Å². The zero-order valence-electron chi connectivity index (χ0n) is 22.9. The van der Waals surface area contributed by atoms with Crippen molar-refractivity contribution in [2.75, 3.05) is 18.4 Å². The van der Waals surface area contributed by atoms with Crippen LogP contribution >= 0.6 is 61.0 Å². The number of hydrogen-bond acceptors (Lipinski definition) is 7. The fraction of sp³-hybridized carbons (Fsp3) is 0.481. The molecule has 6 rings (SSSR count). The standard InChI is InChI=1S/C27H28F3N5O2S.4ClH/c1-13-10-18(27(28,29)30)34-22(21(13)33-14-4-7-31-8-5-14)16-6-9-32-17-11-15(38-23(16)17)12-35-24(36)19-20(25(35)37)26(19,2)3;;;;/h6,9-11,14,19-20,31,33H,4-5,7-8,12H2,1-3H3;4*1H. The van der Waals surface area contributed by atoms with Crippen LogP contribution in [-0.4, -0.2) is 45.8 Å². The topological polar surface area (TPSA) is 87.2 Å². The van der Waals surface area contributed by atoms with E-state index in [4.69, 9.17) is 0 Å². The second-order valence-corrected chi connectivity index (χ2v) is 12.2. The summed E-state index contributed by atoms with van der Waals surface area (Å²) in [5.41, 5.74) is 1.18. The normalized spacial score (nSPS) is 21.0. The summed E-state index contributed by atoms with van der Waals surface area (Å²) in [5.74, 6) is -0.837. The number of piperidine rings is 2. The molecule has 2 unspecified atom stereocenters. The molecule has 3 fully saturated rings. The third-order valence-corrected chi connectivity index (χ3v) is 9.26. The predicted octanol–water partition coefficient (Wildman–Crippen LogP) is 6.68. The number of alkyl halides is 3. The molecule has 0 aromatic carbocycles. The fourth-order valence-corrected chi connectivity index (χ4v) is 7.05. The first-order valence-corrected chi connectivity index (χ1v) is 13.6. The lowest BCUT2D eigenvalue weighted by molar-refractivity contribution is -0.144. The lowest BCUT2D eigenvalue weighted by Gasteiger charge is -2.27. The van der Waals surface area contributed by atoms with Gasteiger partial charge in [0.2, 0.25) is 11.8 Å². The minimum Gasteiger partial charge on any atom is -0.380 e. The summed E-state index contributed by atoms with van der Waals surface area (Å²) in [7, 11) is 0. The Hall–Kier alpha value is -1.89.